The van der Waals surface area contributed by atoms with Gasteiger partial charge in [-0.05, 0) is 44.9 Å². The standard InChI is InChI=1S/C59H112O6/c1-4-7-10-13-16-19-22-24-26-27-28-29-30-31-32-33-35-37-40-43-46-49-52-58(61)64-55-56(54-63-57(60)51-48-45-42-39-36-21-18-15-12-9-6-3)65-59(62)53-50-47-44-41-38-34-25-23-20-17-14-11-8-5-2/h23,25,56H,4-22,24,26-55H2,1-3H3/b25-23-. The van der Waals surface area contributed by atoms with E-state index in [1.807, 2.05) is 0 Å². The summed E-state index contributed by atoms with van der Waals surface area (Å²) < 4.78 is 16.9. The van der Waals surface area contributed by atoms with Crippen molar-refractivity contribution in [3.63, 3.8) is 0 Å². The van der Waals surface area contributed by atoms with Crippen molar-refractivity contribution in [2.45, 2.75) is 335 Å². The van der Waals surface area contributed by atoms with Crippen LogP contribution in [0.5, 0.6) is 0 Å². The molecule has 0 heterocycles. The molecular formula is C59H112O6. The summed E-state index contributed by atoms with van der Waals surface area (Å²) in [6, 6.07) is 0. The highest BCUT2D eigenvalue weighted by Gasteiger charge is 2.19. The van der Waals surface area contributed by atoms with Gasteiger partial charge in [0.1, 0.15) is 13.2 Å². The van der Waals surface area contributed by atoms with E-state index in [4.69, 9.17) is 14.2 Å². The van der Waals surface area contributed by atoms with Crippen LogP contribution in [0, 0.1) is 0 Å². The highest BCUT2D eigenvalue weighted by molar-refractivity contribution is 5.71. The summed E-state index contributed by atoms with van der Waals surface area (Å²) in [5.74, 6) is -0.854. The van der Waals surface area contributed by atoms with Gasteiger partial charge in [-0.2, -0.15) is 0 Å². The smallest absolute Gasteiger partial charge is 0.306 e. The van der Waals surface area contributed by atoms with E-state index in [1.165, 1.54) is 225 Å². The summed E-state index contributed by atoms with van der Waals surface area (Å²) in [4.78, 5) is 38.1. The molecule has 0 saturated heterocycles. The number of carbonyl (C=O) groups is 3. The van der Waals surface area contributed by atoms with E-state index in [2.05, 4.69) is 32.9 Å². The molecule has 0 aliphatic carbocycles. The Morgan fingerprint density at radius 2 is 0.508 bits per heavy atom. The van der Waals surface area contributed by atoms with Crippen LogP contribution in [0.15, 0.2) is 12.2 Å². The minimum atomic E-state index is -0.768. The molecule has 0 radical (unpaired) electrons. The lowest BCUT2D eigenvalue weighted by Crippen LogP contribution is -2.30. The van der Waals surface area contributed by atoms with E-state index in [-0.39, 0.29) is 31.1 Å². The highest BCUT2D eigenvalue weighted by Crippen LogP contribution is 2.17. The quantitative estimate of drug-likeness (QED) is 0.0262. The van der Waals surface area contributed by atoms with Crippen molar-refractivity contribution in [2.75, 3.05) is 13.2 Å². The molecule has 6 heteroatoms. The molecule has 0 fully saturated rings. The maximum absolute atomic E-state index is 12.8. The van der Waals surface area contributed by atoms with Gasteiger partial charge in [0.25, 0.3) is 0 Å². The number of hydrogen-bond acceptors (Lipinski definition) is 6. The molecule has 0 aromatic rings. The summed E-state index contributed by atoms with van der Waals surface area (Å²) in [6.07, 6.45) is 62.1. The van der Waals surface area contributed by atoms with Gasteiger partial charge in [0.05, 0.1) is 0 Å². The van der Waals surface area contributed by atoms with Crippen LogP contribution in [0.3, 0.4) is 0 Å². The van der Waals surface area contributed by atoms with Crippen LogP contribution in [-0.4, -0.2) is 37.2 Å². The molecule has 1 atom stereocenters. The second-order valence-corrected chi connectivity index (χ2v) is 19.9. The Labute approximate surface area is 405 Å². The van der Waals surface area contributed by atoms with Crippen LogP contribution < -0.4 is 0 Å². The monoisotopic (exact) mass is 917 g/mol. The number of ether oxygens (including phenoxy) is 3. The van der Waals surface area contributed by atoms with E-state index >= 15 is 0 Å². The van der Waals surface area contributed by atoms with Crippen molar-refractivity contribution < 1.29 is 28.6 Å². The molecule has 0 bridgehead atoms. The summed E-state index contributed by atoms with van der Waals surface area (Å²) in [6.45, 7) is 6.67. The van der Waals surface area contributed by atoms with Gasteiger partial charge < -0.3 is 14.2 Å². The van der Waals surface area contributed by atoms with Gasteiger partial charge in [-0.25, -0.2) is 0 Å². The fraction of sp³-hybridized carbons (Fsp3) is 0.915. The molecular weight excluding hydrogens is 805 g/mol. The second kappa shape index (κ2) is 54.8. The summed E-state index contributed by atoms with van der Waals surface area (Å²) >= 11 is 0. The first-order chi connectivity index (χ1) is 32.0. The maximum atomic E-state index is 12.8. The molecule has 384 valence electrons. The molecule has 0 aromatic heterocycles. The third-order valence-corrected chi connectivity index (χ3v) is 13.3. The first-order valence-corrected chi connectivity index (χ1v) is 29.2. The Bertz CT molecular complexity index is 1010. The zero-order chi connectivity index (χ0) is 47.2. The molecule has 1 unspecified atom stereocenters. The van der Waals surface area contributed by atoms with Crippen molar-refractivity contribution in [2.24, 2.45) is 0 Å². The molecule has 0 spiro atoms. The zero-order valence-corrected chi connectivity index (χ0v) is 44.0. The van der Waals surface area contributed by atoms with Gasteiger partial charge in [0.2, 0.25) is 0 Å². The largest absolute Gasteiger partial charge is 0.462 e. The Morgan fingerprint density at radius 3 is 0.769 bits per heavy atom. The Kier molecular flexibility index (Phi) is 53.2. The SMILES string of the molecule is CCCCCCC/C=C\CCCCCCCC(=O)OC(COC(=O)CCCCCCCCCCCCC)COC(=O)CCCCCCCCCCCCCCCCCCCCCCCC. The molecule has 0 saturated carbocycles. The Morgan fingerprint density at radius 1 is 0.292 bits per heavy atom. The first kappa shape index (κ1) is 63.1. The topological polar surface area (TPSA) is 78.9 Å². The van der Waals surface area contributed by atoms with E-state index in [9.17, 15) is 14.4 Å². The lowest BCUT2D eigenvalue weighted by Gasteiger charge is -2.18. The number of esters is 3. The van der Waals surface area contributed by atoms with Gasteiger partial charge in [0, 0.05) is 19.3 Å². The average molecular weight is 918 g/mol. The Hall–Kier alpha value is -1.85. The highest BCUT2D eigenvalue weighted by atomic mass is 16.6. The van der Waals surface area contributed by atoms with Crippen molar-refractivity contribution in [3.8, 4) is 0 Å². The van der Waals surface area contributed by atoms with E-state index in [0.717, 1.165) is 64.2 Å². The molecule has 6 nitrogen and oxygen atoms in total. The van der Waals surface area contributed by atoms with Crippen molar-refractivity contribution >= 4 is 17.9 Å². The predicted octanol–water partition coefficient (Wildman–Crippen LogP) is 19.3. The van der Waals surface area contributed by atoms with Crippen LogP contribution >= 0.6 is 0 Å². The van der Waals surface area contributed by atoms with Gasteiger partial charge in [-0.3, -0.25) is 14.4 Å². The predicted molar refractivity (Wildman–Crippen MR) is 280 cm³/mol. The molecule has 0 rings (SSSR count). The van der Waals surface area contributed by atoms with E-state index in [1.54, 1.807) is 0 Å². The summed E-state index contributed by atoms with van der Waals surface area (Å²) in [7, 11) is 0. The first-order valence-electron chi connectivity index (χ1n) is 29.2. The maximum Gasteiger partial charge on any atom is 0.306 e. The van der Waals surface area contributed by atoms with Gasteiger partial charge in [0.15, 0.2) is 6.10 Å². The van der Waals surface area contributed by atoms with Crippen LogP contribution in [0.4, 0.5) is 0 Å². The number of rotatable bonds is 54. The minimum Gasteiger partial charge on any atom is -0.462 e. The molecule has 0 N–H and O–H groups in total. The van der Waals surface area contributed by atoms with Crippen molar-refractivity contribution in [3.05, 3.63) is 12.2 Å². The van der Waals surface area contributed by atoms with Crippen LogP contribution in [0.25, 0.3) is 0 Å². The van der Waals surface area contributed by atoms with Gasteiger partial charge >= 0.3 is 17.9 Å². The van der Waals surface area contributed by atoms with Gasteiger partial charge in [-0.1, -0.05) is 277 Å². The van der Waals surface area contributed by atoms with Gasteiger partial charge in [-0.15, -0.1) is 0 Å². The molecule has 65 heavy (non-hydrogen) atoms. The number of hydrogen-bond donors (Lipinski definition) is 0. The second-order valence-electron chi connectivity index (χ2n) is 19.9. The lowest BCUT2D eigenvalue weighted by molar-refractivity contribution is -0.167. The number of unbranched alkanes of at least 4 members (excludes halogenated alkanes) is 41. The number of carbonyl (C=O) groups excluding carboxylic acids is 3. The van der Waals surface area contributed by atoms with Crippen LogP contribution in [-0.2, 0) is 28.6 Å². The zero-order valence-electron chi connectivity index (χ0n) is 44.0. The van der Waals surface area contributed by atoms with E-state index < -0.39 is 6.10 Å². The third kappa shape index (κ3) is 53.0. The molecule has 0 aliphatic rings. The molecule has 0 amide bonds. The fourth-order valence-electron chi connectivity index (χ4n) is 8.85. The van der Waals surface area contributed by atoms with Crippen LogP contribution in [0.1, 0.15) is 329 Å². The summed E-state index contributed by atoms with van der Waals surface area (Å²) in [5.41, 5.74) is 0. The van der Waals surface area contributed by atoms with E-state index in [0.29, 0.717) is 19.3 Å². The van der Waals surface area contributed by atoms with Crippen molar-refractivity contribution in [1.29, 1.82) is 0 Å². The molecule has 0 aliphatic heterocycles. The lowest BCUT2D eigenvalue weighted by atomic mass is 10.0. The fourth-order valence-corrected chi connectivity index (χ4v) is 8.85. The summed E-state index contributed by atoms with van der Waals surface area (Å²) in [5, 5.41) is 0. The van der Waals surface area contributed by atoms with Crippen LogP contribution in [0.2, 0.25) is 0 Å². The molecule has 0 aromatic carbocycles. The normalized spacial score (nSPS) is 12.0. The van der Waals surface area contributed by atoms with Crippen molar-refractivity contribution in [1.82, 2.24) is 0 Å². The average Bonchev–Trinajstić information content (AvgIpc) is 3.30. The third-order valence-electron chi connectivity index (χ3n) is 13.3. The minimum absolute atomic E-state index is 0.0676. The Balaban J connectivity index is 4.21. The number of allylic oxidation sites excluding steroid dienone is 2.